The van der Waals surface area contributed by atoms with Crippen LogP contribution in [0.4, 0.5) is 5.69 Å². The van der Waals surface area contributed by atoms with Gasteiger partial charge in [0.05, 0.1) is 41.0 Å². The van der Waals surface area contributed by atoms with Gasteiger partial charge in [-0.25, -0.2) is 4.85 Å². The number of benzene rings is 2. The molecule has 0 saturated heterocycles. The van der Waals surface area contributed by atoms with Gasteiger partial charge in [0.25, 0.3) is 0 Å². The number of aromatic nitrogens is 4. The van der Waals surface area contributed by atoms with Crippen LogP contribution in [-0.4, -0.2) is 19.9 Å². The van der Waals surface area contributed by atoms with E-state index in [0.717, 1.165) is 44.2 Å². The van der Waals surface area contributed by atoms with E-state index in [0.29, 0.717) is 34.0 Å². The lowest BCUT2D eigenvalue weighted by molar-refractivity contribution is 0.669. The highest BCUT2D eigenvalue weighted by atomic mass is 16.3. The number of pyridine rings is 4. The van der Waals surface area contributed by atoms with Gasteiger partial charge in [0, 0.05) is 46.7 Å². The molecule has 0 spiro atoms. The van der Waals surface area contributed by atoms with Crippen LogP contribution < -0.4 is 0 Å². The number of nitrogens with zero attached hydrogens (tertiary/aromatic N) is 6. The molecule has 2 aromatic carbocycles. The van der Waals surface area contributed by atoms with E-state index < -0.39 is 0 Å². The number of fused-ring (bicyclic) bond motifs is 3. The van der Waals surface area contributed by atoms with Crippen LogP contribution >= 0.6 is 0 Å². The molecule has 7 aromatic rings. The molecule has 0 saturated carbocycles. The first-order chi connectivity index (χ1) is 20.2. The molecule has 5 aromatic heterocycles. The largest absolute Gasteiger partial charge is 0.456 e. The van der Waals surface area contributed by atoms with Crippen LogP contribution in [0.15, 0.2) is 114 Å². The normalized spacial score (nSPS) is 10.9. The minimum Gasteiger partial charge on any atom is -0.456 e. The van der Waals surface area contributed by atoms with Gasteiger partial charge < -0.3 is 4.42 Å². The molecule has 7 heteroatoms. The molecule has 41 heavy (non-hydrogen) atoms. The van der Waals surface area contributed by atoms with E-state index in [9.17, 15) is 5.26 Å². The van der Waals surface area contributed by atoms with Gasteiger partial charge in [0.15, 0.2) is 5.69 Å². The van der Waals surface area contributed by atoms with E-state index >= 15 is 0 Å². The molecule has 7 nitrogen and oxygen atoms in total. The summed E-state index contributed by atoms with van der Waals surface area (Å²) in [5.74, 6) is 0. The SMILES string of the molecule is [C-]#[N+]c1ccnc(-c2ccc(-c3ccc4oc5ccc(-c6ccc(-c7cc(C#N)ccn7)nc6)cc5c4c3)cn2)c1. The van der Waals surface area contributed by atoms with E-state index in [1.54, 1.807) is 36.7 Å². The quantitative estimate of drug-likeness (QED) is 0.214. The molecule has 5 heterocycles. The highest BCUT2D eigenvalue weighted by Gasteiger charge is 2.12. The topological polar surface area (TPSA) is 92.8 Å². The number of nitriles is 1. The van der Waals surface area contributed by atoms with Crippen LogP contribution in [0.1, 0.15) is 5.56 Å². The lowest BCUT2D eigenvalue weighted by atomic mass is 10.0. The van der Waals surface area contributed by atoms with Crippen LogP contribution in [-0.2, 0) is 0 Å². The maximum Gasteiger partial charge on any atom is 0.190 e. The van der Waals surface area contributed by atoms with Crippen molar-refractivity contribution in [2.45, 2.75) is 0 Å². The predicted molar refractivity (Wildman–Crippen MR) is 158 cm³/mol. The zero-order chi connectivity index (χ0) is 27.8. The zero-order valence-electron chi connectivity index (χ0n) is 21.5. The smallest absolute Gasteiger partial charge is 0.190 e. The average molecular weight is 527 g/mol. The fourth-order valence-electron chi connectivity index (χ4n) is 4.84. The van der Waals surface area contributed by atoms with Crippen molar-refractivity contribution in [1.29, 1.82) is 5.26 Å². The summed E-state index contributed by atoms with van der Waals surface area (Å²) in [6, 6.07) is 29.1. The summed E-state index contributed by atoms with van der Waals surface area (Å²) in [7, 11) is 0. The molecule has 0 N–H and O–H groups in total. The van der Waals surface area contributed by atoms with Crippen molar-refractivity contribution in [2.75, 3.05) is 0 Å². The Morgan fingerprint density at radius 1 is 0.585 bits per heavy atom. The minimum atomic E-state index is 0.534. The average Bonchev–Trinajstić information content (AvgIpc) is 3.42. The van der Waals surface area contributed by atoms with Gasteiger partial charge in [0.2, 0.25) is 0 Å². The maximum absolute atomic E-state index is 9.18. The second-order valence-corrected chi connectivity index (χ2v) is 9.44. The summed E-state index contributed by atoms with van der Waals surface area (Å²) in [5.41, 5.74) is 9.42. The lowest BCUT2D eigenvalue weighted by Crippen LogP contribution is -1.89. The van der Waals surface area contributed by atoms with Crippen LogP contribution in [0.5, 0.6) is 0 Å². The van der Waals surface area contributed by atoms with Gasteiger partial charge in [-0.2, -0.15) is 5.26 Å². The van der Waals surface area contributed by atoms with Crippen LogP contribution in [0.2, 0.25) is 0 Å². The second-order valence-electron chi connectivity index (χ2n) is 9.44. The Bertz CT molecular complexity index is 2010. The van der Waals surface area contributed by atoms with Crippen molar-refractivity contribution in [2.24, 2.45) is 0 Å². The first-order valence-corrected chi connectivity index (χ1v) is 12.8. The van der Waals surface area contributed by atoms with Crippen LogP contribution in [0.25, 0.3) is 71.8 Å². The van der Waals surface area contributed by atoms with Gasteiger partial charge in [-0.3, -0.25) is 19.9 Å². The number of hydrogen-bond acceptors (Lipinski definition) is 6. The Balaban J connectivity index is 1.22. The Kier molecular flexibility index (Phi) is 5.74. The standard InChI is InChI=1S/C34H18N6O/c1-36-26-11-13-38-32(17-26)30-7-3-25(20-40-30)23-5-9-34-28(16-23)27-15-22(4-8-33(27)41-34)24-2-6-29(39-19-24)31-14-21(18-35)10-12-37-31/h2-17,19-20H. The maximum atomic E-state index is 9.18. The van der Waals surface area contributed by atoms with Crippen molar-refractivity contribution in [3.63, 3.8) is 0 Å². The Morgan fingerprint density at radius 3 is 1.68 bits per heavy atom. The molecule has 190 valence electrons. The molecule has 0 fully saturated rings. The Morgan fingerprint density at radius 2 is 1.15 bits per heavy atom. The molecule has 0 amide bonds. The van der Waals surface area contributed by atoms with E-state index in [-0.39, 0.29) is 0 Å². The molecule has 0 aliphatic heterocycles. The van der Waals surface area contributed by atoms with Crippen LogP contribution in [0, 0.1) is 17.9 Å². The Labute approximate surface area is 234 Å². The van der Waals surface area contributed by atoms with Gasteiger partial charge in [0.1, 0.15) is 11.2 Å². The lowest BCUT2D eigenvalue weighted by Gasteiger charge is -2.05. The predicted octanol–water partition coefficient (Wildman–Crippen LogP) is 8.26. The molecule has 0 aliphatic carbocycles. The summed E-state index contributed by atoms with van der Waals surface area (Å²) < 4.78 is 6.13. The minimum absolute atomic E-state index is 0.534. The van der Waals surface area contributed by atoms with E-state index in [1.807, 2.05) is 60.9 Å². The number of rotatable bonds is 4. The zero-order valence-corrected chi connectivity index (χ0v) is 21.5. The first kappa shape index (κ1) is 23.9. The highest BCUT2D eigenvalue weighted by Crippen LogP contribution is 2.35. The Hall–Kier alpha value is -6.18. The van der Waals surface area contributed by atoms with Crippen LogP contribution in [0.3, 0.4) is 0 Å². The molecule has 0 radical (unpaired) electrons. The van der Waals surface area contributed by atoms with Gasteiger partial charge in [-0.1, -0.05) is 24.3 Å². The van der Waals surface area contributed by atoms with Crippen molar-refractivity contribution in [3.05, 3.63) is 127 Å². The molecular formula is C34H18N6O. The van der Waals surface area contributed by atoms with Crippen molar-refractivity contribution in [3.8, 4) is 51.1 Å². The summed E-state index contributed by atoms with van der Waals surface area (Å²) >= 11 is 0. The van der Waals surface area contributed by atoms with Crippen molar-refractivity contribution >= 4 is 27.6 Å². The fourth-order valence-corrected chi connectivity index (χ4v) is 4.84. The van der Waals surface area contributed by atoms with Gasteiger partial charge in [-0.05, 0) is 71.8 Å². The third kappa shape index (κ3) is 4.44. The molecular weight excluding hydrogens is 508 g/mol. The molecule has 0 atom stereocenters. The van der Waals surface area contributed by atoms with E-state index in [1.165, 1.54) is 0 Å². The monoisotopic (exact) mass is 526 g/mol. The molecule has 0 bridgehead atoms. The molecule has 0 aliphatic rings. The summed E-state index contributed by atoms with van der Waals surface area (Å²) in [4.78, 5) is 21.4. The van der Waals surface area contributed by atoms with Gasteiger partial charge >= 0.3 is 0 Å². The summed E-state index contributed by atoms with van der Waals surface area (Å²) in [6.07, 6.45) is 6.89. The second kappa shape index (κ2) is 9.85. The number of hydrogen-bond donors (Lipinski definition) is 0. The van der Waals surface area contributed by atoms with Crippen molar-refractivity contribution in [1.82, 2.24) is 19.9 Å². The molecule has 7 rings (SSSR count). The van der Waals surface area contributed by atoms with E-state index in [4.69, 9.17) is 11.0 Å². The summed E-state index contributed by atoms with van der Waals surface area (Å²) in [5, 5.41) is 11.2. The fraction of sp³-hybridized carbons (Fsp3) is 0. The van der Waals surface area contributed by atoms with Gasteiger partial charge in [-0.15, -0.1) is 0 Å². The summed E-state index contributed by atoms with van der Waals surface area (Å²) in [6.45, 7) is 7.23. The van der Waals surface area contributed by atoms with Crippen molar-refractivity contribution < 1.29 is 4.42 Å². The third-order valence-electron chi connectivity index (χ3n) is 6.95. The van der Waals surface area contributed by atoms with E-state index in [2.05, 4.69) is 43.0 Å². The molecule has 0 unspecified atom stereocenters. The first-order valence-electron chi connectivity index (χ1n) is 12.8. The third-order valence-corrected chi connectivity index (χ3v) is 6.95. The highest BCUT2D eigenvalue weighted by molar-refractivity contribution is 6.07. The number of furan rings is 1.